The molecule has 8 heteroatoms. The van der Waals surface area contributed by atoms with Crippen LogP contribution in [0.4, 0.5) is 5.69 Å². The van der Waals surface area contributed by atoms with Crippen LogP contribution in [-0.2, 0) is 6.54 Å². The highest BCUT2D eigenvalue weighted by Crippen LogP contribution is 2.31. The summed E-state index contributed by atoms with van der Waals surface area (Å²) >= 11 is 0. The quantitative estimate of drug-likeness (QED) is 0.612. The minimum atomic E-state index is -0.487. The highest BCUT2D eigenvalue weighted by molar-refractivity contribution is 5.67. The van der Waals surface area contributed by atoms with Crippen molar-refractivity contribution in [2.45, 2.75) is 6.54 Å². The maximum absolute atomic E-state index is 10.7. The highest BCUT2D eigenvalue weighted by Gasteiger charge is 2.16. The Labute approximate surface area is 102 Å². The summed E-state index contributed by atoms with van der Waals surface area (Å²) in [6.07, 6.45) is 0. The van der Waals surface area contributed by atoms with Gasteiger partial charge in [0.25, 0.3) is 5.69 Å². The number of ether oxygens (including phenoxy) is 1. The third-order valence-electron chi connectivity index (χ3n) is 2.36. The molecular formula is C10H11N5O3. The number of non-ortho nitro benzene ring substituents is 1. The van der Waals surface area contributed by atoms with Crippen molar-refractivity contribution < 1.29 is 9.66 Å². The van der Waals surface area contributed by atoms with Gasteiger partial charge in [-0.15, -0.1) is 0 Å². The van der Waals surface area contributed by atoms with Crippen LogP contribution in [0.3, 0.4) is 0 Å². The first-order chi connectivity index (χ1) is 8.65. The van der Waals surface area contributed by atoms with E-state index in [1.165, 1.54) is 25.3 Å². The normalized spacial score (nSPS) is 10.3. The third-order valence-corrected chi connectivity index (χ3v) is 2.36. The van der Waals surface area contributed by atoms with E-state index in [1.807, 2.05) is 0 Å². The maximum Gasteiger partial charge on any atom is 0.270 e. The van der Waals surface area contributed by atoms with Gasteiger partial charge in [0.15, 0.2) is 5.82 Å². The van der Waals surface area contributed by atoms with Gasteiger partial charge in [0.2, 0.25) is 0 Å². The van der Waals surface area contributed by atoms with E-state index in [0.717, 1.165) is 0 Å². The average Bonchev–Trinajstić information content (AvgIpc) is 2.86. The first-order valence-electron chi connectivity index (χ1n) is 5.10. The minimum Gasteiger partial charge on any atom is -0.496 e. The summed E-state index contributed by atoms with van der Waals surface area (Å²) in [5.74, 6) is 1.28. The second kappa shape index (κ2) is 4.80. The largest absolute Gasteiger partial charge is 0.496 e. The van der Waals surface area contributed by atoms with Crippen molar-refractivity contribution in [1.29, 1.82) is 0 Å². The van der Waals surface area contributed by atoms with Crippen LogP contribution in [0.5, 0.6) is 5.75 Å². The molecule has 3 N–H and O–H groups in total. The number of benzene rings is 1. The molecule has 0 saturated carbocycles. The molecular weight excluding hydrogens is 238 g/mol. The topological polar surface area (TPSA) is 120 Å². The predicted octanol–water partition coefficient (Wildman–Crippen LogP) is 0.847. The Morgan fingerprint density at radius 1 is 1.56 bits per heavy atom. The molecule has 1 heterocycles. The molecule has 2 rings (SSSR count). The Hall–Kier alpha value is -2.48. The number of hydrogen-bond donors (Lipinski definition) is 2. The summed E-state index contributed by atoms with van der Waals surface area (Å²) in [6.45, 7) is 0.213. The molecule has 0 amide bonds. The lowest BCUT2D eigenvalue weighted by molar-refractivity contribution is -0.384. The van der Waals surface area contributed by atoms with Crippen LogP contribution in [0.15, 0.2) is 18.2 Å². The van der Waals surface area contributed by atoms with Crippen LogP contribution in [0.25, 0.3) is 11.4 Å². The molecule has 0 atom stereocenters. The summed E-state index contributed by atoms with van der Waals surface area (Å²) < 4.78 is 5.13. The predicted molar refractivity (Wildman–Crippen MR) is 62.9 cm³/mol. The van der Waals surface area contributed by atoms with Crippen molar-refractivity contribution in [3.05, 3.63) is 34.1 Å². The molecule has 0 bridgehead atoms. The Balaban J connectivity index is 2.52. The Morgan fingerprint density at radius 3 is 2.89 bits per heavy atom. The minimum absolute atomic E-state index is 0.0510. The molecule has 0 aliphatic rings. The molecule has 94 valence electrons. The second-order valence-corrected chi connectivity index (χ2v) is 3.45. The van der Waals surface area contributed by atoms with Gasteiger partial charge in [-0.1, -0.05) is 0 Å². The van der Waals surface area contributed by atoms with Gasteiger partial charge in [0, 0.05) is 12.1 Å². The highest BCUT2D eigenvalue weighted by atomic mass is 16.6. The summed E-state index contributed by atoms with van der Waals surface area (Å²) in [5.41, 5.74) is 5.81. The SMILES string of the molecule is COc1ccc([N+](=O)[O-])cc1-c1n[nH]c(CN)n1. The van der Waals surface area contributed by atoms with E-state index in [0.29, 0.717) is 23.0 Å². The zero-order valence-electron chi connectivity index (χ0n) is 9.58. The number of nitro benzene ring substituents is 1. The van der Waals surface area contributed by atoms with Crippen LogP contribution in [0.1, 0.15) is 5.82 Å². The van der Waals surface area contributed by atoms with Crippen LogP contribution in [-0.4, -0.2) is 27.2 Å². The summed E-state index contributed by atoms with van der Waals surface area (Å²) in [7, 11) is 1.47. The van der Waals surface area contributed by atoms with Crippen molar-refractivity contribution in [2.24, 2.45) is 5.73 Å². The van der Waals surface area contributed by atoms with Crippen molar-refractivity contribution >= 4 is 5.69 Å². The zero-order valence-corrected chi connectivity index (χ0v) is 9.58. The number of rotatable bonds is 4. The zero-order chi connectivity index (χ0) is 13.1. The van der Waals surface area contributed by atoms with Gasteiger partial charge < -0.3 is 10.5 Å². The molecule has 1 aromatic heterocycles. The average molecular weight is 249 g/mol. The Kier molecular flexibility index (Phi) is 3.20. The van der Waals surface area contributed by atoms with Crippen molar-refractivity contribution in [1.82, 2.24) is 15.2 Å². The van der Waals surface area contributed by atoms with Crippen molar-refractivity contribution in [2.75, 3.05) is 7.11 Å². The van der Waals surface area contributed by atoms with Crippen molar-refractivity contribution in [3.8, 4) is 17.1 Å². The molecule has 1 aromatic carbocycles. The van der Waals surface area contributed by atoms with E-state index < -0.39 is 4.92 Å². The number of methoxy groups -OCH3 is 1. The van der Waals surface area contributed by atoms with E-state index in [9.17, 15) is 10.1 Å². The molecule has 0 fully saturated rings. The van der Waals surface area contributed by atoms with Gasteiger partial charge in [0.1, 0.15) is 11.6 Å². The van der Waals surface area contributed by atoms with Gasteiger partial charge in [-0.2, -0.15) is 5.10 Å². The maximum atomic E-state index is 10.7. The fraction of sp³-hybridized carbons (Fsp3) is 0.200. The van der Waals surface area contributed by atoms with Gasteiger partial charge in [-0.25, -0.2) is 4.98 Å². The lowest BCUT2D eigenvalue weighted by Gasteiger charge is -2.04. The van der Waals surface area contributed by atoms with Crippen LogP contribution in [0, 0.1) is 10.1 Å². The van der Waals surface area contributed by atoms with E-state index >= 15 is 0 Å². The van der Waals surface area contributed by atoms with Crippen LogP contribution < -0.4 is 10.5 Å². The number of H-pyrrole nitrogens is 1. The molecule has 0 unspecified atom stereocenters. The molecule has 0 aliphatic carbocycles. The number of nitrogens with zero attached hydrogens (tertiary/aromatic N) is 3. The fourth-order valence-electron chi connectivity index (χ4n) is 1.49. The van der Waals surface area contributed by atoms with Crippen LogP contribution in [0.2, 0.25) is 0 Å². The first-order valence-corrected chi connectivity index (χ1v) is 5.10. The Bertz CT molecular complexity index is 581. The summed E-state index contributed by atoms with van der Waals surface area (Å²) in [5, 5.41) is 17.3. The Morgan fingerprint density at radius 2 is 2.33 bits per heavy atom. The summed E-state index contributed by atoms with van der Waals surface area (Å²) in [4.78, 5) is 14.4. The number of hydrogen-bond acceptors (Lipinski definition) is 6. The molecule has 0 saturated heterocycles. The smallest absolute Gasteiger partial charge is 0.270 e. The second-order valence-electron chi connectivity index (χ2n) is 3.45. The van der Waals surface area contributed by atoms with Crippen molar-refractivity contribution in [3.63, 3.8) is 0 Å². The lowest BCUT2D eigenvalue weighted by atomic mass is 10.1. The van der Waals surface area contributed by atoms with E-state index in [2.05, 4.69) is 15.2 Å². The van der Waals surface area contributed by atoms with Gasteiger partial charge >= 0.3 is 0 Å². The molecule has 8 nitrogen and oxygen atoms in total. The fourth-order valence-corrected chi connectivity index (χ4v) is 1.49. The molecule has 0 radical (unpaired) electrons. The van der Waals surface area contributed by atoms with E-state index in [4.69, 9.17) is 10.5 Å². The van der Waals surface area contributed by atoms with E-state index in [1.54, 1.807) is 0 Å². The van der Waals surface area contributed by atoms with Gasteiger partial charge in [-0.3, -0.25) is 15.2 Å². The van der Waals surface area contributed by atoms with Gasteiger partial charge in [0.05, 0.1) is 24.1 Å². The standard InChI is InChI=1S/C10H11N5O3/c1-18-8-3-2-6(15(16)17)4-7(8)10-12-9(5-11)13-14-10/h2-4H,5,11H2,1H3,(H,12,13,14). The van der Waals surface area contributed by atoms with E-state index in [-0.39, 0.29) is 12.2 Å². The lowest BCUT2D eigenvalue weighted by Crippen LogP contribution is -1.98. The monoisotopic (exact) mass is 249 g/mol. The molecule has 0 spiro atoms. The molecule has 2 aromatic rings. The van der Waals surface area contributed by atoms with Gasteiger partial charge in [-0.05, 0) is 6.07 Å². The van der Waals surface area contributed by atoms with Crippen LogP contribution >= 0.6 is 0 Å². The number of aromatic nitrogens is 3. The number of nitrogens with two attached hydrogens (primary N) is 1. The third kappa shape index (κ3) is 2.13. The number of nitro groups is 1. The number of aromatic amines is 1. The molecule has 0 aliphatic heterocycles. The molecule has 18 heavy (non-hydrogen) atoms. The summed E-state index contributed by atoms with van der Waals surface area (Å²) in [6, 6.07) is 4.23. The first kappa shape index (κ1) is 12.0. The number of nitrogens with one attached hydrogen (secondary N) is 1.